The summed E-state index contributed by atoms with van der Waals surface area (Å²) in [5.41, 5.74) is 1.16. The molecule has 0 amide bonds. The molecule has 0 fully saturated rings. The molecule has 98 valence electrons. The molecule has 3 heteroatoms. The molecule has 1 atom stereocenters. The number of allylic oxidation sites excluding steroid dienone is 1. The van der Waals surface area contributed by atoms with E-state index in [-0.39, 0.29) is 6.10 Å². The highest BCUT2D eigenvalue weighted by Crippen LogP contribution is 2.28. The van der Waals surface area contributed by atoms with Crippen molar-refractivity contribution in [2.24, 2.45) is 0 Å². The highest BCUT2D eigenvalue weighted by Gasteiger charge is 2.25. The average Bonchev–Trinajstić information content (AvgIpc) is 2.29. The van der Waals surface area contributed by atoms with E-state index in [9.17, 15) is 0 Å². The molecule has 0 aromatic heterocycles. The van der Waals surface area contributed by atoms with E-state index in [1.54, 1.807) is 0 Å². The smallest absolute Gasteiger partial charge is 0.191 e. The third-order valence-electron chi connectivity index (χ3n) is 2.72. The summed E-state index contributed by atoms with van der Waals surface area (Å²) in [5.74, 6) is 0. The lowest BCUT2D eigenvalue weighted by molar-refractivity contribution is 0.200. The second-order valence-electron chi connectivity index (χ2n) is 4.93. The zero-order valence-electron chi connectivity index (χ0n) is 11.2. The zero-order chi connectivity index (χ0) is 13.6. The van der Waals surface area contributed by atoms with Gasteiger partial charge in [-0.05, 0) is 43.3 Å². The molecule has 1 nitrogen and oxygen atoms in total. The van der Waals surface area contributed by atoms with Crippen LogP contribution >= 0.6 is 11.6 Å². The molecule has 18 heavy (non-hydrogen) atoms. The number of hydrogen-bond acceptors (Lipinski definition) is 1. The van der Waals surface area contributed by atoms with Gasteiger partial charge in [0.2, 0.25) is 0 Å². The van der Waals surface area contributed by atoms with Crippen LogP contribution in [0.5, 0.6) is 0 Å². The summed E-state index contributed by atoms with van der Waals surface area (Å²) >= 11 is 5.91. The number of hydrogen-bond donors (Lipinski definition) is 0. The fourth-order valence-corrected chi connectivity index (χ4v) is 3.78. The van der Waals surface area contributed by atoms with Crippen LogP contribution in [0.15, 0.2) is 49.6 Å². The van der Waals surface area contributed by atoms with Gasteiger partial charge in [-0.15, -0.1) is 13.2 Å². The number of benzene rings is 1. The topological polar surface area (TPSA) is 9.23 Å². The van der Waals surface area contributed by atoms with E-state index >= 15 is 0 Å². The van der Waals surface area contributed by atoms with Crippen LogP contribution < -0.4 is 0 Å². The maximum Gasteiger partial charge on any atom is 0.191 e. The molecular formula is C15H21ClOSi. The van der Waals surface area contributed by atoms with Gasteiger partial charge < -0.3 is 4.43 Å². The lowest BCUT2D eigenvalue weighted by atomic mass is 10.1. The molecule has 0 aliphatic carbocycles. The molecular weight excluding hydrogens is 260 g/mol. The third-order valence-corrected chi connectivity index (χ3v) is 5.17. The van der Waals surface area contributed by atoms with Crippen molar-refractivity contribution in [1.82, 2.24) is 0 Å². The summed E-state index contributed by atoms with van der Waals surface area (Å²) in [6, 6.07) is 8.80. The molecule has 1 aromatic rings. The van der Waals surface area contributed by atoms with Gasteiger partial charge in [-0.25, -0.2) is 0 Å². The molecule has 1 rings (SSSR count). The van der Waals surface area contributed by atoms with Gasteiger partial charge in [-0.1, -0.05) is 35.9 Å². The first kappa shape index (κ1) is 15.2. The van der Waals surface area contributed by atoms with Crippen molar-refractivity contribution in [3.05, 3.63) is 60.2 Å². The Hall–Kier alpha value is -0.833. The van der Waals surface area contributed by atoms with Gasteiger partial charge >= 0.3 is 0 Å². The monoisotopic (exact) mass is 280 g/mol. The van der Waals surface area contributed by atoms with E-state index in [1.165, 1.54) is 0 Å². The van der Waals surface area contributed by atoms with Crippen molar-refractivity contribution < 1.29 is 4.43 Å². The molecule has 1 aromatic carbocycles. The molecule has 0 aliphatic heterocycles. The normalized spacial score (nSPS) is 13.1. The van der Waals surface area contributed by atoms with Crippen LogP contribution in [0.1, 0.15) is 18.1 Å². The van der Waals surface area contributed by atoms with Crippen molar-refractivity contribution in [3.8, 4) is 0 Å². The van der Waals surface area contributed by atoms with Crippen LogP contribution in [0.4, 0.5) is 0 Å². The van der Waals surface area contributed by atoms with Crippen molar-refractivity contribution in [1.29, 1.82) is 0 Å². The second kappa shape index (κ2) is 6.93. The standard InChI is InChI=1S/C15H21ClOSi/c1-5-7-15(17-18(3,4)12-6-2)13-8-10-14(16)11-9-13/h5-6,8-11,15H,1-2,7,12H2,3-4H3. The van der Waals surface area contributed by atoms with Crippen LogP contribution in [-0.2, 0) is 4.43 Å². The molecule has 0 radical (unpaired) electrons. The summed E-state index contributed by atoms with van der Waals surface area (Å²) in [7, 11) is -1.70. The average molecular weight is 281 g/mol. The number of rotatable bonds is 7. The van der Waals surface area contributed by atoms with E-state index in [0.717, 1.165) is 23.1 Å². The van der Waals surface area contributed by atoms with E-state index in [4.69, 9.17) is 16.0 Å². The largest absolute Gasteiger partial charge is 0.410 e. The van der Waals surface area contributed by atoms with Gasteiger partial charge in [-0.3, -0.25) is 0 Å². The van der Waals surface area contributed by atoms with Gasteiger partial charge in [0.15, 0.2) is 8.32 Å². The zero-order valence-corrected chi connectivity index (χ0v) is 12.9. The minimum absolute atomic E-state index is 0.0707. The fourth-order valence-electron chi connectivity index (χ4n) is 1.86. The molecule has 0 N–H and O–H groups in total. The predicted octanol–water partition coefficient (Wildman–Crippen LogP) is 5.36. The van der Waals surface area contributed by atoms with Crippen LogP contribution in [-0.4, -0.2) is 8.32 Å². The van der Waals surface area contributed by atoms with Gasteiger partial charge in [-0.2, -0.15) is 0 Å². The maximum absolute atomic E-state index is 6.30. The van der Waals surface area contributed by atoms with E-state index in [1.807, 2.05) is 36.4 Å². The number of halogens is 1. The summed E-state index contributed by atoms with van der Waals surface area (Å²) < 4.78 is 6.30. The minimum Gasteiger partial charge on any atom is -0.410 e. The first-order valence-corrected chi connectivity index (χ1v) is 9.63. The first-order chi connectivity index (χ1) is 8.48. The van der Waals surface area contributed by atoms with Crippen LogP contribution in [0, 0.1) is 0 Å². The quantitative estimate of drug-likeness (QED) is 0.482. The second-order valence-corrected chi connectivity index (χ2v) is 9.53. The first-order valence-electron chi connectivity index (χ1n) is 6.13. The van der Waals surface area contributed by atoms with E-state index in [0.29, 0.717) is 0 Å². The summed E-state index contributed by atoms with van der Waals surface area (Å²) in [6.07, 6.45) is 4.73. The Bertz CT molecular complexity index is 397. The maximum atomic E-state index is 6.30. The van der Waals surface area contributed by atoms with Crippen molar-refractivity contribution in [2.75, 3.05) is 0 Å². The third kappa shape index (κ3) is 4.81. The summed E-state index contributed by atoms with van der Waals surface area (Å²) in [4.78, 5) is 0. The Morgan fingerprint density at radius 3 is 2.33 bits per heavy atom. The molecule has 0 bridgehead atoms. The van der Waals surface area contributed by atoms with Gasteiger partial charge in [0, 0.05) is 5.02 Å². The SMILES string of the molecule is C=CCC(O[Si](C)(C)CC=C)c1ccc(Cl)cc1. The highest BCUT2D eigenvalue weighted by atomic mass is 35.5. The van der Waals surface area contributed by atoms with Gasteiger partial charge in [0.05, 0.1) is 6.10 Å². The fraction of sp³-hybridized carbons (Fsp3) is 0.333. The lowest BCUT2D eigenvalue weighted by Gasteiger charge is -2.28. The Balaban J connectivity index is 2.85. The lowest BCUT2D eigenvalue weighted by Crippen LogP contribution is -2.31. The van der Waals surface area contributed by atoms with Crippen molar-refractivity contribution in [3.63, 3.8) is 0 Å². The predicted molar refractivity (Wildman–Crippen MR) is 82.6 cm³/mol. The summed E-state index contributed by atoms with van der Waals surface area (Å²) in [5, 5.41) is 0.749. The van der Waals surface area contributed by atoms with Crippen LogP contribution in [0.3, 0.4) is 0 Å². The molecule has 1 unspecified atom stereocenters. The van der Waals surface area contributed by atoms with Gasteiger partial charge in [0.25, 0.3) is 0 Å². The van der Waals surface area contributed by atoms with Crippen molar-refractivity contribution >= 4 is 19.9 Å². The summed E-state index contributed by atoms with van der Waals surface area (Å²) in [6.45, 7) is 12.0. The molecule has 0 saturated carbocycles. The van der Waals surface area contributed by atoms with Crippen molar-refractivity contribution in [2.45, 2.75) is 31.7 Å². The Morgan fingerprint density at radius 2 is 1.83 bits per heavy atom. The molecule has 0 aliphatic rings. The molecule has 0 heterocycles. The van der Waals surface area contributed by atoms with E-state index < -0.39 is 8.32 Å². The minimum atomic E-state index is -1.70. The van der Waals surface area contributed by atoms with Crippen LogP contribution in [0.25, 0.3) is 0 Å². The van der Waals surface area contributed by atoms with E-state index in [2.05, 4.69) is 26.3 Å². The van der Waals surface area contributed by atoms with Gasteiger partial charge in [0.1, 0.15) is 0 Å². The Labute approximate surface area is 116 Å². The molecule has 0 spiro atoms. The Kier molecular flexibility index (Phi) is 5.86. The van der Waals surface area contributed by atoms with Crippen LogP contribution in [0.2, 0.25) is 24.2 Å². The Morgan fingerprint density at radius 1 is 1.22 bits per heavy atom. The molecule has 0 saturated heterocycles. The highest BCUT2D eigenvalue weighted by molar-refractivity contribution is 6.71.